The molecule has 2 aromatic rings. The summed E-state index contributed by atoms with van der Waals surface area (Å²) in [6, 6.07) is 3.45. The number of rotatable bonds is 2. The molecule has 9 heteroatoms. The van der Waals surface area contributed by atoms with Crippen molar-refractivity contribution in [2.24, 2.45) is 5.92 Å². The lowest BCUT2D eigenvalue weighted by atomic mass is 9.96. The lowest BCUT2D eigenvalue weighted by Gasteiger charge is -2.34. The lowest BCUT2D eigenvalue weighted by molar-refractivity contribution is 0.0892. The monoisotopic (exact) mass is 386 g/mol. The van der Waals surface area contributed by atoms with Crippen molar-refractivity contribution in [2.45, 2.75) is 37.4 Å². The highest BCUT2D eigenvalue weighted by Crippen LogP contribution is 2.41. The maximum absolute atomic E-state index is 13.3. The minimum atomic E-state index is -0.733. The number of hydrogen-bond acceptors (Lipinski definition) is 6. The molecule has 0 aromatic carbocycles. The first-order chi connectivity index (χ1) is 13.1. The third-order valence-corrected chi connectivity index (χ3v) is 6.14. The van der Waals surface area contributed by atoms with Crippen LogP contribution in [0.1, 0.15) is 36.2 Å². The maximum atomic E-state index is 13.3. The topological polar surface area (TPSA) is 101 Å². The Bertz CT molecular complexity index is 978. The van der Waals surface area contributed by atoms with Gasteiger partial charge in [0.25, 0.3) is 11.5 Å². The molecule has 1 aliphatic carbocycles. The molecule has 140 valence electrons. The summed E-state index contributed by atoms with van der Waals surface area (Å²) in [5.74, 6) is 0.791. The van der Waals surface area contributed by atoms with Crippen LogP contribution in [-0.2, 0) is 5.66 Å². The summed E-state index contributed by atoms with van der Waals surface area (Å²) < 4.78 is 1.57. The third-order valence-electron chi connectivity index (χ3n) is 5.85. The number of carbonyl (C=O) groups excluding carboxylic acids is 1. The minimum absolute atomic E-state index is 0.243. The van der Waals surface area contributed by atoms with Gasteiger partial charge in [0.1, 0.15) is 29.2 Å². The Labute approximate surface area is 160 Å². The van der Waals surface area contributed by atoms with Crippen molar-refractivity contribution in [3.05, 3.63) is 45.7 Å². The first kappa shape index (κ1) is 16.7. The molecule has 1 saturated carbocycles. The molecular weight excluding hydrogens is 368 g/mol. The van der Waals surface area contributed by atoms with E-state index in [0.29, 0.717) is 23.8 Å². The predicted octanol–water partition coefficient (Wildman–Crippen LogP) is 1.59. The molecule has 4 heterocycles. The molecule has 3 N–H and O–H groups in total. The molecule has 2 bridgehead atoms. The number of nitrogens with one attached hydrogen (secondary N) is 3. The number of fused-ring (bicyclic) bond motifs is 4. The number of halogens is 1. The Balaban J connectivity index is 1.63. The zero-order valence-electron chi connectivity index (χ0n) is 14.5. The zero-order chi connectivity index (χ0) is 18.6. The van der Waals surface area contributed by atoms with Crippen LogP contribution in [0.2, 0.25) is 5.02 Å². The van der Waals surface area contributed by atoms with Crippen LogP contribution < -0.4 is 21.5 Å². The predicted molar refractivity (Wildman–Crippen MR) is 100 cm³/mol. The van der Waals surface area contributed by atoms with Crippen molar-refractivity contribution in [3.63, 3.8) is 0 Å². The molecule has 3 aliphatic rings. The van der Waals surface area contributed by atoms with Crippen molar-refractivity contribution in [1.82, 2.24) is 25.2 Å². The Morgan fingerprint density at radius 3 is 3.07 bits per heavy atom. The van der Waals surface area contributed by atoms with Crippen molar-refractivity contribution >= 4 is 29.0 Å². The number of aromatic nitrogens is 3. The van der Waals surface area contributed by atoms with Gasteiger partial charge in [-0.2, -0.15) is 0 Å². The second-order valence-electron chi connectivity index (χ2n) is 7.55. The van der Waals surface area contributed by atoms with E-state index in [1.807, 2.05) is 0 Å². The normalized spacial score (nSPS) is 28.7. The van der Waals surface area contributed by atoms with Crippen molar-refractivity contribution in [2.75, 3.05) is 11.9 Å². The minimum Gasteiger partial charge on any atom is -0.336 e. The van der Waals surface area contributed by atoms with Gasteiger partial charge < -0.3 is 16.0 Å². The van der Waals surface area contributed by atoms with Crippen LogP contribution in [0, 0.1) is 5.92 Å². The van der Waals surface area contributed by atoms with E-state index in [0.717, 1.165) is 25.8 Å². The van der Waals surface area contributed by atoms with Crippen LogP contribution in [0.15, 0.2) is 29.5 Å². The van der Waals surface area contributed by atoms with E-state index in [1.165, 1.54) is 12.4 Å². The van der Waals surface area contributed by atoms with Crippen LogP contribution in [0.4, 0.5) is 11.5 Å². The number of nitrogens with zero attached hydrogens (tertiary/aromatic N) is 3. The molecule has 0 radical (unpaired) electrons. The highest BCUT2D eigenvalue weighted by molar-refractivity contribution is 6.34. The molecule has 2 fully saturated rings. The summed E-state index contributed by atoms with van der Waals surface area (Å²) in [6.45, 7) is 1.01. The van der Waals surface area contributed by atoms with Gasteiger partial charge in [-0.15, -0.1) is 0 Å². The summed E-state index contributed by atoms with van der Waals surface area (Å²) in [5.41, 5.74) is -0.471. The molecule has 5 rings (SSSR count). The molecule has 1 spiro atoms. The van der Waals surface area contributed by atoms with Gasteiger partial charge in [0.2, 0.25) is 0 Å². The van der Waals surface area contributed by atoms with Gasteiger partial charge in [0.05, 0.1) is 5.02 Å². The van der Waals surface area contributed by atoms with E-state index in [9.17, 15) is 9.59 Å². The fourth-order valence-electron chi connectivity index (χ4n) is 4.67. The van der Waals surface area contributed by atoms with Gasteiger partial charge in [-0.05, 0) is 43.9 Å². The average molecular weight is 387 g/mol. The SMILES string of the molecule is O=C1NC2(CCC3CNC(C3)C2)n2c1c(Cl)cc(Nc1ccncn1)c2=O. The van der Waals surface area contributed by atoms with Gasteiger partial charge in [-0.1, -0.05) is 11.6 Å². The summed E-state index contributed by atoms with van der Waals surface area (Å²) >= 11 is 6.42. The molecule has 3 unspecified atom stereocenters. The van der Waals surface area contributed by atoms with Gasteiger partial charge in [-0.3, -0.25) is 14.2 Å². The molecule has 1 amide bonds. The second-order valence-corrected chi connectivity index (χ2v) is 7.96. The van der Waals surface area contributed by atoms with Gasteiger partial charge >= 0.3 is 0 Å². The highest BCUT2D eigenvalue weighted by Gasteiger charge is 2.49. The molecule has 3 atom stereocenters. The lowest BCUT2D eigenvalue weighted by Crippen LogP contribution is -2.51. The van der Waals surface area contributed by atoms with E-state index >= 15 is 0 Å². The summed E-state index contributed by atoms with van der Waals surface area (Å²) in [7, 11) is 0. The average Bonchev–Trinajstić information content (AvgIpc) is 3.15. The summed E-state index contributed by atoms with van der Waals surface area (Å²) in [6.07, 6.45) is 6.42. The van der Waals surface area contributed by atoms with E-state index in [-0.39, 0.29) is 28.2 Å². The number of carbonyl (C=O) groups is 1. The van der Waals surface area contributed by atoms with Crippen LogP contribution in [-0.4, -0.2) is 33.0 Å². The van der Waals surface area contributed by atoms with Crippen LogP contribution in [0.5, 0.6) is 0 Å². The van der Waals surface area contributed by atoms with Gasteiger partial charge in [-0.25, -0.2) is 9.97 Å². The largest absolute Gasteiger partial charge is 0.336 e. The molecule has 8 nitrogen and oxygen atoms in total. The van der Waals surface area contributed by atoms with Crippen LogP contribution in [0.3, 0.4) is 0 Å². The number of amides is 1. The zero-order valence-corrected chi connectivity index (χ0v) is 15.3. The van der Waals surface area contributed by atoms with E-state index in [4.69, 9.17) is 11.6 Å². The Morgan fingerprint density at radius 2 is 2.26 bits per heavy atom. The van der Waals surface area contributed by atoms with Gasteiger partial charge in [0, 0.05) is 18.7 Å². The fraction of sp³-hybridized carbons (Fsp3) is 0.444. The van der Waals surface area contributed by atoms with E-state index in [1.54, 1.807) is 16.8 Å². The van der Waals surface area contributed by atoms with Crippen molar-refractivity contribution in [1.29, 1.82) is 0 Å². The maximum Gasteiger partial charge on any atom is 0.276 e. The standard InChI is InChI=1S/C18H19ClN6O2/c19-12-6-13(23-14-2-4-20-9-22-14)17(27)25-15(12)16(26)24-18(25)3-1-10-5-11(7-18)21-8-10/h2,4,6,9-11,21H,1,3,5,7-8H2,(H,24,26)(H,20,22,23). The number of pyridine rings is 1. The third kappa shape index (κ3) is 2.62. The van der Waals surface area contributed by atoms with E-state index in [2.05, 4.69) is 25.9 Å². The molecule has 27 heavy (non-hydrogen) atoms. The van der Waals surface area contributed by atoms with Gasteiger partial charge in [0.15, 0.2) is 0 Å². The number of hydrogen-bond donors (Lipinski definition) is 3. The first-order valence-electron chi connectivity index (χ1n) is 9.11. The Kier molecular flexibility index (Phi) is 3.73. The fourth-order valence-corrected chi connectivity index (χ4v) is 4.95. The molecule has 2 aliphatic heterocycles. The molecule has 2 aromatic heterocycles. The van der Waals surface area contributed by atoms with Crippen LogP contribution in [0.25, 0.3) is 0 Å². The molecule has 1 saturated heterocycles. The highest BCUT2D eigenvalue weighted by atomic mass is 35.5. The summed E-state index contributed by atoms with van der Waals surface area (Å²) in [5, 5.41) is 9.85. The smallest absolute Gasteiger partial charge is 0.276 e. The first-order valence-corrected chi connectivity index (χ1v) is 9.48. The summed E-state index contributed by atoms with van der Waals surface area (Å²) in [4.78, 5) is 34.0. The number of anilines is 2. The van der Waals surface area contributed by atoms with E-state index < -0.39 is 5.66 Å². The quantitative estimate of drug-likeness (QED) is 0.724. The van der Waals surface area contributed by atoms with Crippen molar-refractivity contribution in [3.8, 4) is 0 Å². The Hall–Kier alpha value is -2.45. The van der Waals surface area contributed by atoms with Crippen molar-refractivity contribution < 1.29 is 4.79 Å². The van der Waals surface area contributed by atoms with Crippen LogP contribution >= 0.6 is 11.6 Å². The Morgan fingerprint density at radius 1 is 1.37 bits per heavy atom. The molecular formula is C18H19ClN6O2. The second kappa shape index (κ2) is 6.03.